The number of halogens is 4. The van der Waals surface area contributed by atoms with Crippen LogP contribution in [0, 0.1) is 0 Å². The van der Waals surface area contributed by atoms with Gasteiger partial charge in [0.15, 0.2) is 5.96 Å². The zero-order chi connectivity index (χ0) is 22.1. The van der Waals surface area contributed by atoms with Crippen LogP contribution in [0.3, 0.4) is 0 Å². The van der Waals surface area contributed by atoms with Crippen LogP contribution >= 0.6 is 24.0 Å². The number of guanidine groups is 1. The zero-order valence-corrected chi connectivity index (χ0v) is 20.9. The highest BCUT2D eigenvalue weighted by Gasteiger charge is 2.34. The molecule has 0 radical (unpaired) electrons. The minimum atomic E-state index is -4.19. The van der Waals surface area contributed by atoms with E-state index >= 15 is 0 Å². The number of amides is 1. The smallest absolute Gasteiger partial charge is 0.407 e. The van der Waals surface area contributed by atoms with Crippen molar-refractivity contribution in [3.63, 3.8) is 0 Å². The number of rotatable bonds is 8. The van der Waals surface area contributed by atoms with Crippen LogP contribution in [-0.4, -0.2) is 74.0 Å². The molecule has 0 bridgehead atoms. The van der Waals surface area contributed by atoms with Gasteiger partial charge in [0.2, 0.25) is 0 Å². The molecule has 1 fully saturated rings. The van der Waals surface area contributed by atoms with Crippen molar-refractivity contribution in [3.05, 3.63) is 0 Å². The van der Waals surface area contributed by atoms with Gasteiger partial charge in [0.1, 0.15) is 5.60 Å². The number of carbonyl (C=O) groups excluding carboxylic acids is 1. The van der Waals surface area contributed by atoms with Crippen molar-refractivity contribution < 1.29 is 22.7 Å². The summed E-state index contributed by atoms with van der Waals surface area (Å²) in [7, 11) is 1.62. The Balaban J connectivity index is 0.00000841. The molecule has 0 aliphatic carbocycles. The largest absolute Gasteiger partial charge is 0.444 e. The molecule has 0 aromatic rings. The molecule has 1 amide bonds. The van der Waals surface area contributed by atoms with Gasteiger partial charge in [-0.1, -0.05) is 19.8 Å². The number of hydrogen-bond donors (Lipinski definition) is 3. The van der Waals surface area contributed by atoms with Crippen molar-refractivity contribution in [3.8, 4) is 0 Å². The van der Waals surface area contributed by atoms with E-state index in [9.17, 15) is 18.0 Å². The summed E-state index contributed by atoms with van der Waals surface area (Å²) in [5, 5.41) is 9.24. The summed E-state index contributed by atoms with van der Waals surface area (Å²) >= 11 is 0. The molecule has 0 saturated carbocycles. The van der Waals surface area contributed by atoms with Crippen LogP contribution in [-0.2, 0) is 4.74 Å². The third kappa shape index (κ3) is 13.3. The predicted molar refractivity (Wildman–Crippen MR) is 123 cm³/mol. The summed E-state index contributed by atoms with van der Waals surface area (Å²) in [5.41, 5.74) is -0.571. The first-order valence-corrected chi connectivity index (χ1v) is 10.2. The van der Waals surface area contributed by atoms with Crippen molar-refractivity contribution in [2.45, 2.75) is 77.2 Å². The van der Waals surface area contributed by atoms with E-state index in [1.165, 1.54) is 4.90 Å². The molecule has 178 valence electrons. The van der Waals surface area contributed by atoms with E-state index in [-0.39, 0.29) is 36.1 Å². The SMILES string of the molecule is CCCCC(CNC(=O)OC(C)(C)C)NC(=NC)NC1CCN(CC(F)(F)F)C1.I. The Bertz CT molecular complexity index is 541. The van der Waals surface area contributed by atoms with E-state index in [1.807, 2.05) is 0 Å². The van der Waals surface area contributed by atoms with E-state index in [4.69, 9.17) is 4.74 Å². The van der Waals surface area contributed by atoms with Gasteiger partial charge in [-0.25, -0.2) is 4.79 Å². The second-order valence-corrected chi connectivity index (χ2v) is 8.42. The number of carbonyl (C=O) groups is 1. The van der Waals surface area contributed by atoms with Gasteiger partial charge in [-0.05, 0) is 33.6 Å². The lowest BCUT2D eigenvalue weighted by molar-refractivity contribution is -0.143. The van der Waals surface area contributed by atoms with Crippen molar-refractivity contribution in [2.24, 2.45) is 4.99 Å². The lowest BCUT2D eigenvalue weighted by Crippen LogP contribution is -2.51. The molecule has 7 nitrogen and oxygen atoms in total. The summed E-state index contributed by atoms with van der Waals surface area (Å²) in [6.07, 6.45) is -1.26. The Kier molecular flexibility index (Phi) is 13.0. The van der Waals surface area contributed by atoms with Crippen LogP contribution in [0.4, 0.5) is 18.0 Å². The van der Waals surface area contributed by atoms with Gasteiger partial charge in [0.25, 0.3) is 0 Å². The van der Waals surface area contributed by atoms with Gasteiger partial charge < -0.3 is 20.7 Å². The zero-order valence-electron chi connectivity index (χ0n) is 18.6. The quantitative estimate of drug-likeness (QED) is 0.245. The van der Waals surface area contributed by atoms with Crippen LogP contribution in [0.2, 0.25) is 0 Å². The highest BCUT2D eigenvalue weighted by atomic mass is 127. The molecule has 1 heterocycles. The number of nitrogens with one attached hydrogen (secondary N) is 3. The Hall–Kier alpha value is -0.980. The number of nitrogens with zero attached hydrogens (tertiary/aromatic N) is 2. The predicted octanol–water partition coefficient (Wildman–Crippen LogP) is 3.49. The lowest BCUT2D eigenvalue weighted by atomic mass is 10.1. The topological polar surface area (TPSA) is 78.0 Å². The molecule has 1 aliphatic rings. The highest BCUT2D eigenvalue weighted by Crippen LogP contribution is 2.20. The fourth-order valence-corrected chi connectivity index (χ4v) is 3.10. The van der Waals surface area contributed by atoms with Crippen LogP contribution in [0.1, 0.15) is 53.4 Å². The van der Waals surface area contributed by atoms with Gasteiger partial charge in [0.05, 0.1) is 6.54 Å². The molecule has 1 rings (SSSR count). The van der Waals surface area contributed by atoms with Crippen molar-refractivity contribution in [2.75, 3.05) is 33.2 Å². The van der Waals surface area contributed by atoms with E-state index in [1.54, 1.807) is 27.8 Å². The van der Waals surface area contributed by atoms with Crippen LogP contribution < -0.4 is 16.0 Å². The molecular formula is C19H37F3IN5O2. The third-order valence-electron chi connectivity index (χ3n) is 4.38. The molecule has 2 atom stereocenters. The van der Waals surface area contributed by atoms with Crippen LogP contribution in [0.25, 0.3) is 0 Å². The summed E-state index contributed by atoms with van der Waals surface area (Å²) < 4.78 is 43.0. The third-order valence-corrected chi connectivity index (χ3v) is 4.38. The van der Waals surface area contributed by atoms with E-state index in [2.05, 4.69) is 27.9 Å². The maximum Gasteiger partial charge on any atom is 0.407 e. The van der Waals surface area contributed by atoms with Gasteiger partial charge in [-0.2, -0.15) is 13.2 Å². The van der Waals surface area contributed by atoms with E-state index in [0.29, 0.717) is 32.0 Å². The molecule has 11 heteroatoms. The van der Waals surface area contributed by atoms with E-state index < -0.39 is 24.4 Å². The maximum atomic E-state index is 12.6. The second kappa shape index (κ2) is 13.4. The van der Waals surface area contributed by atoms with Crippen molar-refractivity contribution in [1.82, 2.24) is 20.9 Å². The Morgan fingerprint density at radius 1 is 1.30 bits per heavy atom. The number of likely N-dealkylation sites (tertiary alicyclic amines) is 1. The molecule has 3 N–H and O–H groups in total. The first-order valence-electron chi connectivity index (χ1n) is 10.2. The Morgan fingerprint density at radius 2 is 1.97 bits per heavy atom. The van der Waals surface area contributed by atoms with Gasteiger partial charge in [-0.3, -0.25) is 9.89 Å². The number of hydrogen-bond acceptors (Lipinski definition) is 4. The molecule has 30 heavy (non-hydrogen) atoms. The van der Waals surface area contributed by atoms with E-state index in [0.717, 1.165) is 19.3 Å². The first-order chi connectivity index (χ1) is 13.4. The number of aliphatic imine (C=N–C) groups is 1. The second-order valence-electron chi connectivity index (χ2n) is 8.42. The van der Waals surface area contributed by atoms with Crippen molar-refractivity contribution in [1.29, 1.82) is 0 Å². The maximum absolute atomic E-state index is 12.6. The summed E-state index contributed by atoms with van der Waals surface area (Å²) in [6, 6.07) is -0.171. The van der Waals surface area contributed by atoms with Gasteiger partial charge in [0, 0.05) is 38.8 Å². The Labute approximate surface area is 195 Å². The number of alkyl carbamates (subject to hydrolysis) is 1. The minimum Gasteiger partial charge on any atom is -0.444 e. The fraction of sp³-hybridized carbons (Fsp3) is 0.895. The number of ether oxygens (including phenoxy) is 1. The first kappa shape index (κ1) is 29.0. The average Bonchev–Trinajstić information content (AvgIpc) is 2.99. The molecule has 0 aromatic heterocycles. The summed E-state index contributed by atoms with van der Waals surface area (Å²) in [5.74, 6) is 0.524. The summed E-state index contributed by atoms with van der Waals surface area (Å²) in [4.78, 5) is 17.5. The number of alkyl halides is 3. The van der Waals surface area contributed by atoms with Crippen molar-refractivity contribution >= 4 is 36.0 Å². The standard InChI is InChI=1S/C19H36F3N5O2.HI/c1-6-7-8-14(11-24-17(28)29-18(2,3)4)25-16(23-5)26-15-9-10-27(12-15)13-19(20,21)22;/h14-15H,6-13H2,1-5H3,(H,24,28)(H2,23,25,26);1H. The molecule has 2 unspecified atom stereocenters. The molecule has 0 aromatic carbocycles. The normalized spacial score (nSPS) is 19.1. The van der Waals surface area contributed by atoms with Gasteiger partial charge >= 0.3 is 12.3 Å². The fourth-order valence-electron chi connectivity index (χ4n) is 3.10. The monoisotopic (exact) mass is 551 g/mol. The van der Waals surface area contributed by atoms with Gasteiger partial charge in [-0.15, -0.1) is 24.0 Å². The molecular weight excluding hydrogens is 514 g/mol. The summed E-state index contributed by atoms with van der Waals surface area (Å²) in [6.45, 7) is 7.66. The average molecular weight is 551 g/mol. The highest BCUT2D eigenvalue weighted by molar-refractivity contribution is 14.0. The van der Waals surface area contributed by atoms with Crippen LogP contribution in [0.5, 0.6) is 0 Å². The molecule has 0 spiro atoms. The number of unbranched alkanes of at least 4 members (excludes halogenated alkanes) is 1. The molecule has 1 aliphatic heterocycles. The lowest BCUT2D eigenvalue weighted by Gasteiger charge is -2.25. The minimum absolute atomic E-state index is 0. The van der Waals surface area contributed by atoms with Crippen LogP contribution in [0.15, 0.2) is 4.99 Å². The molecule has 1 saturated heterocycles. The Morgan fingerprint density at radius 3 is 2.50 bits per heavy atom.